The van der Waals surface area contributed by atoms with Gasteiger partial charge in [0.15, 0.2) is 0 Å². The number of hydrogen-bond acceptors (Lipinski definition) is 3. The molecular formula is C15H26O6. The molecule has 6 heteroatoms. The van der Waals surface area contributed by atoms with Crippen molar-refractivity contribution in [3.63, 3.8) is 0 Å². The van der Waals surface area contributed by atoms with Crippen LogP contribution in [0.2, 0.25) is 0 Å². The van der Waals surface area contributed by atoms with Crippen LogP contribution in [0.15, 0.2) is 0 Å². The first-order valence-corrected chi connectivity index (χ1v) is 7.44. The third-order valence-corrected chi connectivity index (χ3v) is 3.77. The Morgan fingerprint density at radius 1 is 0.714 bits per heavy atom. The molecule has 0 saturated heterocycles. The van der Waals surface area contributed by atoms with Crippen LogP contribution in [0.1, 0.15) is 58.8 Å². The summed E-state index contributed by atoms with van der Waals surface area (Å²) < 4.78 is 0. The lowest BCUT2D eigenvalue weighted by molar-refractivity contribution is -0.146. The molecule has 0 aliphatic rings. The van der Waals surface area contributed by atoms with E-state index in [-0.39, 0.29) is 12.3 Å². The fraction of sp³-hybridized carbons (Fsp3) is 0.800. The van der Waals surface area contributed by atoms with Crippen LogP contribution in [-0.4, -0.2) is 33.2 Å². The molecule has 0 rings (SSSR count). The maximum atomic E-state index is 11.1. The first-order chi connectivity index (χ1) is 9.75. The Bertz CT molecular complexity index is 352. The molecule has 0 bridgehead atoms. The van der Waals surface area contributed by atoms with Crippen LogP contribution in [0.3, 0.4) is 0 Å². The Labute approximate surface area is 125 Å². The molecule has 0 heterocycles. The van der Waals surface area contributed by atoms with Crippen molar-refractivity contribution < 1.29 is 29.7 Å². The smallest absolute Gasteiger partial charge is 0.306 e. The molecule has 3 atom stereocenters. The molecule has 0 fully saturated rings. The largest absolute Gasteiger partial charge is 0.481 e. The summed E-state index contributed by atoms with van der Waals surface area (Å²) in [5.41, 5.74) is 0. The second kappa shape index (κ2) is 10.2. The molecular weight excluding hydrogens is 276 g/mol. The van der Waals surface area contributed by atoms with Crippen molar-refractivity contribution >= 4 is 17.9 Å². The van der Waals surface area contributed by atoms with Gasteiger partial charge < -0.3 is 15.3 Å². The Morgan fingerprint density at radius 2 is 1.19 bits per heavy atom. The summed E-state index contributed by atoms with van der Waals surface area (Å²) in [6.07, 6.45) is 4.52. The zero-order valence-corrected chi connectivity index (χ0v) is 12.7. The zero-order chi connectivity index (χ0) is 16.4. The van der Waals surface area contributed by atoms with Crippen molar-refractivity contribution in [2.75, 3.05) is 0 Å². The van der Waals surface area contributed by atoms with E-state index in [2.05, 4.69) is 0 Å². The number of rotatable bonds is 12. The van der Waals surface area contributed by atoms with Gasteiger partial charge in [0.25, 0.3) is 0 Å². The van der Waals surface area contributed by atoms with Gasteiger partial charge in [0.2, 0.25) is 0 Å². The third-order valence-electron chi connectivity index (χ3n) is 3.77. The predicted molar refractivity (Wildman–Crippen MR) is 77.0 cm³/mol. The van der Waals surface area contributed by atoms with Crippen LogP contribution in [-0.2, 0) is 14.4 Å². The SMILES string of the molecule is CC(CCCCCCC(CC(C)C(=O)O)C(=O)O)C(=O)O. The van der Waals surface area contributed by atoms with Crippen LogP contribution in [0.5, 0.6) is 0 Å². The average molecular weight is 302 g/mol. The van der Waals surface area contributed by atoms with Crippen molar-refractivity contribution in [3.05, 3.63) is 0 Å². The van der Waals surface area contributed by atoms with Gasteiger partial charge in [0, 0.05) is 0 Å². The van der Waals surface area contributed by atoms with E-state index in [9.17, 15) is 14.4 Å². The van der Waals surface area contributed by atoms with Gasteiger partial charge in [0.1, 0.15) is 0 Å². The summed E-state index contributed by atoms with van der Waals surface area (Å²) in [7, 11) is 0. The van der Waals surface area contributed by atoms with Gasteiger partial charge in [-0.05, 0) is 19.3 Å². The summed E-state index contributed by atoms with van der Waals surface area (Å²) in [6, 6.07) is 0. The highest BCUT2D eigenvalue weighted by Crippen LogP contribution is 2.20. The predicted octanol–water partition coefficient (Wildman–Crippen LogP) is 2.86. The topological polar surface area (TPSA) is 112 Å². The monoisotopic (exact) mass is 302 g/mol. The average Bonchev–Trinajstić information content (AvgIpc) is 2.39. The normalized spacial score (nSPS) is 15.1. The molecule has 6 nitrogen and oxygen atoms in total. The molecule has 0 aliphatic carbocycles. The summed E-state index contributed by atoms with van der Waals surface area (Å²) in [6.45, 7) is 3.20. The van der Waals surface area contributed by atoms with Crippen molar-refractivity contribution in [2.24, 2.45) is 17.8 Å². The summed E-state index contributed by atoms with van der Waals surface area (Å²) in [5, 5.41) is 26.6. The van der Waals surface area contributed by atoms with E-state index in [4.69, 9.17) is 15.3 Å². The highest BCUT2D eigenvalue weighted by molar-refractivity contribution is 5.73. The summed E-state index contributed by atoms with van der Waals surface area (Å²) >= 11 is 0. The molecule has 0 aromatic rings. The summed E-state index contributed by atoms with van der Waals surface area (Å²) in [5.74, 6) is -4.31. The minimum Gasteiger partial charge on any atom is -0.481 e. The van der Waals surface area contributed by atoms with Crippen LogP contribution < -0.4 is 0 Å². The van der Waals surface area contributed by atoms with Crippen molar-refractivity contribution in [1.82, 2.24) is 0 Å². The molecule has 21 heavy (non-hydrogen) atoms. The first kappa shape index (κ1) is 19.4. The van der Waals surface area contributed by atoms with E-state index in [1.165, 1.54) is 6.92 Å². The maximum absolute atomic E-state index is 11.1. The highest BCUT2D eigenvalue weighted by Gasteiger charge is 2.23. The van der Waals surface area contributed by atoms with Crippen molar-refractivity contribution in [3.8, 4) is 0 Å². The minimum absolute atomic E-state index is 0.153. The van der Waals surface area contributed by atoms with Crippen molar-refractivity contribution in [1.29, 1.82) is 0 Å². The molecule has 3 N–H and O–H groups in total. The van der Waals surface area contributed by atoms with E-state index in [0.717, 1.165) is 25.7 Å². The van der Waals surface area contributed by atoms with Gasteiger partial charge in [-0.2, -0.15) is 0 Å². The van der Waals surface area contributed by atoms with E-state index < -0.39 is 29.7 Å². The molecule has 0 aromatic carbocycles. The first-order valence-electron chi connectivity index (χ1n) is 7.44. The van der Waals surface area contributed by atoms with Gasteiger partial charge in [-0.25, -0.2) is 0 Å². The number of carboxylic acid groups (broad SMARTS) is 3. The fourth-order valence-electron chi connectivity index (χ4n) is 2.19. The molecule has 0 aromatic heterocycles. The van der Waals surface area contributed by atoms with Crippen LogP contribution in [0.25, 0.3) is 0 Å². The van der Waals surface area contributed by atoms with Gasteiger partial charge in [-0.3, -0.25) is 14.4 Å². The van der Waals surface area contributed by atoms with Crippen LogP contribution in [0.4, 0.5) is 0 Å². The maximum Gasteiger partial charge on any atom is 0.306 e. The Kier molecular flexibility index (Phi) is 9.41. The minimum atomic E-state index is -0.969. The highest BCUT2D eigenvalue weighted by atomic mass is 16.4. The zero-order valence-electron chi connectivity index (χ0n) is 12.7. The van der Waals surface area contributed by atoms with Gasteiger partial charge in [0.05, 0.1) is 17.8 Å². The standard InChI is InChI=1S/C15H26O6/c1-10(13(16)17)7-5-3-4-6-8-12(15(20)21)9-11(2)14(18)19/h10-12H,3-9H2,1-2H3,(H,16,17)(H,18,19)(H,20,21). The van der Waals surface area contributed by atoms with E-state index in [1.807, 2.05) is 0 Å². The van der Waals surface area contributed by atoms with Gasteiger partial charge in [-0.1, -0.05) is 39.5 Å². The molecule has 0 aliphatic heterocycles. The molecule has 0 amide bonds. The Hall–Kier alpha value is -1.59. The number of unbranched alkanes of at least 4 members (excludes halogenated alkanes) is 3. The summed E-state index contributed by atoms with van der Waals surface area (Å²) in [4.78, 5) is 32.5. The molecule has 0 radical (unpaired) electrons. The molecule has 0 saturated carbocycles. The molecule has 122 valence electrons. The van der Waals surface area contributed by atoms with Crippen molar-refractivity contribution in [2.45, 2.75) is 58.8 Å². The van der Waals surface area contributed by atoms with Crippen LogP contribution >= 0.6 is 0 Å². The van der Waals surface area contributed by atoms with Gasteiger partial charge >= 0.3 is 17.9 Å². The Morgan fingerprint density at radius 3 is 1.62 bits per heavy atom. The number of hydrogen-bond donors (Lipinski definition) is 3. The molecule has 3 unspecified atom stereocenters. The van der Waals surface area contributed by atoms with E-state index in [1.54, 1.807) is 6.92 Å². The number of carbonyl (C=O) groups is 3. The number of aliphatic carboxylic acids is 3. The lowest BCUT2D eigenvalue weighted by Gasteiger charge is -2.14. The number of carboxylic acids is 3. The molecule has 0 spiro atoms. The van der Waals surface area contributed by atoms with Gasteiger partial charge in [-0.15, -0.1) is 0 Å². The van der Waals surface area contributed by atoms with E-state index >= 15 is 0 Å². The lowest BCUT2D eigenvalue weighted by atomic mass is 9.91. The quantitative estimate of drug-likeness (QED) is 0.478. The van der Waals surface area contributed by atoms with Crippen LogP contribution in [0, 0.1) is 17.8 Å². The Balaban J connectivity index is 3.87. The lowest BCUT2D eigenvalue weighted by Crippen LogP contribution is -2.21. The fourth-order valence-corrected chi connectivity index (χ4v) is 2.19. The second-order valence-corrected chi connectivity index (χ2v) is 5.74. The third kappa shape index (κ3) is 9.05. The van der Waals surface area contributed by atoms with E-state index in [0.29, 0.717) is 12.8 Å². The second-order valence-electron chi connectivity index (χ2n) is 5.74.